The van der Waals surface area contributed by atoms with Gasteiger partial charge in [-0.2, -0.15) is 5.26 Å². The van der Waals surface area contributed by atoms with Crippen molar-refractivity contribution in [3.63, 3.8) is 0 Å². The monoisotopic (exact) mass is 722 g/mol. The zero-order valence-corrected chi connectivity index (χ0v) is 30.9. The quantitative estimate of drug-likeness (QED) is 0.137. The molecule has 1 fully saturated rings. The van der Waals surface area contributed by atoms with Crippen LogP contribution in [0, 0.1) is 28.5 Å². The summed E-state index contributed by atoms with van der Waals surface area (Å²) < 4.78 is 32.6. The van der Waals surface area contributed by atoms with Crippen LogP contribution in [0.2, 0.25) is 0 Å². The van der Waals surface area contributed by atoms with Crippen molar-refractivity contribution in [3.8, 4) is 23.6 Å². The third kappa shape index (κ3) is 10.7. The molecule has 0 spiro atoms. The van der Waals surface area contributed by atoms with Gasteiger partial charge >= 0.3 is 0 Å². The van der Waals surface area contributed by atoms with Crippen LogP contribution in [0.5, 0.6) is 17.5 Å². The fourth-order valence-electron chi connectivity index (χ4n) is 6.38. The van der Waals surface area contributed by atoms with Gasteiger partial charge in [0.25, 0.3) is 17.7 Å². The number of carbonyl (C=O) groups is 2. The lowest BCUT2D eigenvalue weighted by Crippen LogP contribution is -2.39. The summed E-state index contributed by atoms with van der Waals surface area (Å²) in [6.45, 7) is 9.13. The molecule has 1 aliphatic carbocycles. The van der Waals surface area contributed by atoms with Crippen LogP contribution >= 0.6 is 0 Å². The van der Waals surface area contributed by atoms with Gasteiger partial charge in [0.15, 0.2) is 5.75 Å². The first kappa shape index (κ1) is 38.7. The minimum absolute atomic E-state index is 0.00407. The minimum Gasteiger partial charge on any atom is -0.491 e. The molecule has 5 rings (SSSR count). The maximum absolute atomic E-state index is 15.6. The summed E-state index contributed by atoms with van der Waals surface area (Å²) in [5, 5.41) is 15.7. The van der Waals surface area contributed by atoms with E-state index in [9.17, 15) is 14.9 Å². The van der Waals surface area contributed by atoms with E-state index >= 15 is 4.39 Å². The molecule has 1 saturated carbocycles. The number of benzene rings is 1. The van der Waals surface area contributed by atoms with E-state index in [1.807, 2.05) is 31.2 Å². The summed E-state index contributed by atoms with van der Waals surface area (Å²) in [6, 6.07) is 13.7. The molecule has 2 amide bonds. The molecule has 4 aromatic rings. The topological polar surface area (TPSA) is 148 Å². The number of pyridine rings is 3. The normalized spacial score (nSPS) is 16.2. The predicted molar refractivity (Wildman–Crippen MR) is 197 cm³/mol. The number of hydrogen-bond donors (Lipinski definition) is 2. The van der Waals surface area contributed by atoms with Crippen molar-refractivity contribution in [2.24, 2.45) is 11.3 Å². The van der Waals surface area contributed by atoms with Crippen molar-refractivity contribution >= 4 is 11.8 Å². The van der Waals surface area contributed by atoms with E-state index in [1.165, 1.54) is 31.6 Å². The molecule has 3 unspecified atom stereocenters. The van der Waals surface area contributed by atoms with Crippen molar-refractivity contribution in [2.45, 2.75) is 85.0 Å². The average Bonchev–Trinajstić information content (AvgIpc) is 3.16. The summed E-state index contributed by atoms with van der Waals surface area (Å²) in [7, 11) is 1.48. The van der Waals surface area contributed by atoms with Crippen molar-refractivity contribution in [1.29, 1.82) is 5.26 Å². The number of carbonyl (C=O) groups excluding carboxylic acids is 2. The molecule has 0 saturated heterocycles. The van der Waals surface area contributed by atoms with Gasteiger partial charge in [0.05, 0.1) is 18.2 Å². The Morgan fingerprint density at radius 3 is 2.36 bits per heavy atom. The summed E-state index contributed by atoms with van der Waals surface area (Å²) in [5.74, 6) is -0.0845. The third-order valence-corrected chi connectivity index (χ3v) is 9.48. The zero-order chi connectivity index (χ0) is 38.0. The fourth-order valence-corrected chi connectivity index (χ4v) is 6.38. The van der Waals surface area contributed by atoms with Crippen molar-refractivity contribution in [1.82, 2.24) is 25.6 Å². The third-order valence-electron chi connectivity index (χ3n) is 9.48. The first-order valence-electron chi connectivity index (χ1n) is 17.9. The van der Waals surface area contributed by atoms with E-state index < -0.39 is 0 Å². The van der Waals surface area contributed by atoms with Gasteiger partial charge in [0.2, 0.25) is 5.88 Å². The molecule has 3 aromatic heterocycles. The number of rotatable bonds is 14. The van der Waals surface area contributed by atoms with Crippen LogP contribution in [-0.2, 0) is 13.2 Å². The Kier molecular flexibility index (Phi) is 13.0. The Balaban J connectivity index is 1.15. The predicted octanol–water partition coefficient (Wildman–Crippen LogP) is 7.31. The molecule has 11 nitrogen and oxygen atoms in total. The van der Waals surface area contributed by atoms with Gasteiger partial charge < -0.3 is 24.8 Å². The molecular weight excluding hydrogens is 675 g/mol. The first-order valence-corrected chi connectivity index (χ1v) is 17.9. The van der Waals surface area contributed by atoms with Gasteiger partial charge in [-0.15, -0.1) is 0 Å². The van der Waals surface area contributed by atoms with Gasteiger partial charge in [-0.05, 0) is 90.8 Å². The fraction of sp³-hybridized carbons (Fsp3) is 0.415. The highest BCUT2D eigenvalue weighted by atomic mass is 19.1. The SMILES string of the molecule is COc1cc(C(=O)NCCC(C)(C)C)cnc1OCc1ccc(C2CCCC(C(C)NC(=O)c3cnc(OCc4ccncc4)c(C#N)c3)C2)c(F)c1. The Morgan fingerprint density at radius 2 is 1.66 bits per heavy atom. The summed E-state index contributed by atoms with van der Waals surface area (Å²) >= 11 is 0. The maximum Gasteiger partial charge on any atom is 0.257 e. The second-order valence-electron chi connectivity index (χ2n) is 14.7. The van der Waals surface area contributed by atoms with E-state index in [-0.39, 0.29) is 77.0 Å². The van der Waals surface area contributed by atoms with E-state index in [2.05, 4.69) is 52.4 Å². The first-order chi connectivity index (χ1) is 25.4. The maximum atomic E-state index is 15.6. The largest absolute Gasteiger partial charge is 0.491 e. The van der Waals surface area contributed by atoms with E-state index in [1.54, 1.807) is 18.5 Å². The molecule has 12 heteroatoms. The lowest BCUT2D eigenvalue weighted by atomic mass is 9.75. The highest BCUT2D eigenvalue weighted by Crippen LogP contribution is 2.39. The summed E-state index contributed by atoms with van der Waals surface area (Å²) in [4.78, 5) is 38.3. The average molecular weight is 723 g/mol. The number of amides is 2. The molecular formula is C41H47FN6O5. The van der Waals surface area contributed by atoms with Crippen LogP contribution in [0.1, 0.15) is 109 Å². The van der Waals surface area contributed by atoms with Gasteiger partial charge in [-0.3, -0.25) is 14.6 Å². The summed E-state index contributed by atoms with van der Waals surface area (Å²) in [6.07, 6.45) is 10.4. The number of nitriles is 1. The number of ether oxygens (including phenoxy) is 3. The number of methoxy groups -OCH3 is 1. The van der Waals surface area contributed by atoms with Gasteiger partial charge in [0, 0.05) is 43.4 Å². The second-order valence-corrected chi connectivity index (χ2v) is 14.7. The molecule has 0 bridgehead atoms. The van der Waals surface area contributed by atoms with Crippen molar-refractivity contribution in [3.05, 3.63) is 106 Å². The van der Waals surface area contributed by atoms with Crippen LogP contribution < -0.4 is 24.8 Å². The van der Waals surface area contributed by atoms with Crippen LogP contribution in [0.25, 0.3) is 0 Å². The Labute approximate surface area is 310 Å². The smallest absolute Gasteiger partial charge is 0.257 e. The lowest BCUT2D eigenvalue weighted by Gasteiger charge is -2.34. The highest BCUT2D eigenvalue weighted by molar-refractivity contribution is 5.95. The molecule has 278 valence electrons. The molecule has 3 heterocycles. The Morgan fingerprint density at radius 1 is 0.962 bits per heavy atom. The van der Waals surface area contributed by atoms with Crippen LogP contribution in [0.3, 0.4) is 0 Å². The molecule has 1 aliphatic rings. The number of hydrogen-bond acceptors (Lipinski definition) is 9. The molecule has 53 heavy (non-hydrogen) atoms. The summed E-state index contributed by atoms with van der Waals surface area (Å²) in [5.41, 5.74) is 3.05. The van der Waals surface area contributed by atoms with Crippen molar-refractivity contribution < 1.29 is 28.2 Å². The molecule has 0 radical (unpaired) electrons. The van der Waals surface area contributed by atoms with E-state index in [0.717, 1.165) is 37.7 Å². The Bertz CT molecular complexity index is 1930. The van der Waals surface area contributed by atoms with Crippen LogP contribution in [0.4, 0.5) is 4.39 Å². The van der Waals surface area contributed by atoms with Crippen molar-refractivity contribution in [2.75, 3.05) is 13.7 Å². The molecule has 2 N–H and O–H groups in total. The van der Waals surface area contributed by atoms with Gasteiger partial charge in [-0.1, -0.05) is 39.3 Å². The standard InChI is InChI=1S/C41H47FN6O5/c1-26(48-38(50)32-19-31(21-43)39(46-22-32)52-24-27-11-14-44-15-12-27)29-7-6-8-30(18-29)34-10-9-28(17-35(34)42)25-53-40-36(51-5)20-33(23-47-40)37(49)45-16-13-41(2,3)4/h9-12,14-15,17,19-20,22-23,26,29-30H,6-8,13,16,18,24-25H2,1-5H3,(H,45,49)(H,48,50). The lowest BCUT2D eigenvalue weighted by molar-refractivity contribution is 0.0914. The van der Waals surface area contributed by atoms with Gasteiger partial charge in [-0.25, -0.2) is 14.4 Å². The number of aromatic nitrogens is 3. The zero-order valence-electron chi connectivity index (χ0n) is 30.9. The Hall–Kier alpha value is -5.57. The molecule has 1 aromatic carbocycles. The molecule has 0 aliphatic heterocycles. The number of nitrogens with one attached hydrogen (secondary N) is 2. The van der Waals surface area contributed by atoms with E-state index in [0.29, 0.717) is 29.0 Å². The minimum atomic E-state index is -0.333. The van der Waals surface area contributed by atoms with Crippen LogP contribution in [0.15, 0.2) is 67.3 Å². The van der Waals surface area contributed by atoms with Gasteiger partial charge in [0.1, 0.15) is 30.7 Å². The second kappa shape index (κ2) is 17.8. The number of nitrogens with zero attached hydrogens (tertiary/aromatic N) is 4. The van der Waals surface area contributed by atoms with E-state index in [4.69, 9.17) is 14.2 Å². The number of halogens is 1. The highest BCUT2D eigenvalue weighted by Gasteiger charge is 2.30. The molecule has 3 atom stereocenters. The van der Waals surface area contributed by atoms with Crippen LogP contribution in [-0.4, -0.2) is 46.5 Å².